The van der Waals surface area contributed by atoms with Gasteiger partial charge in [0, 0.05) is 18.1 Å². The van der Waals surface area contributed by atoms with Gasteiger partial charge in [-0.3, -0.25) is 9.36 Å². The number of nitrogens with zero attached hydrogens (tertiary/aromatic N) is 6. The van der Waals surface area contributed by atoms with Gasteiger partial charge >= 0.3 is 0 Å². The number of hydrogen-bond donors (Lipinski definition) is 1. The summed E-state index contributed by atoms with van der Waals surface area (Å²) in [6.07, 6.45) is 1.59. The van der Waals surface area contributed by atoms with Gasteiger partial charge in [0.2, 0.25) is 4.80 Å². The summed E-state index contributed by atoms with van der Waals surface area (Å²) < 4.78 is 3.73. The molecule has 1 amide bonds. The van der Waals surface area contributed by atoms with Gasteiger partial charge in [0.25, 0.3) is 5.91 Å². The lowest BCUT2D eigenvalue weighted by molar-refractivity contribution is -0.118. The number of thiazole rings is 1. The molecule has 0 atom stereocenters. The van der Waals surface area contributed by atoms with Crippen molar-refractivity contribution in [1.82, 2.24) is 24.8 Å². The quantitative estimate of drug-likeness (QED) is 0.362. The zero-order valence-corrected chi connectivity index (χ0v) is 18.1. The molecule has 4 rings (SSSR count). The normalized spacial score (nSPS) is 11.3. The van der Waals surface area contributed by atoms with Crippen molar-refractivity contribution < 1.29 is 4.79 Å². The molecule has 0 saturated carbocycles. The van der Waals surface area contributed by atoms with Crippen LogP contribution in [0.3, 0.4) is 0 Å². The Morgan fingerprint density at radius 1 is 1.23 bits per heavy atom. The maximum absolute atomic E-state index is 12.3. The van der Waals surface area contributed by atoms with Gasteiger partial charge in [-0.2, -0.15) is 5.26 Å². The highest BCUT2D eigenvalue weighted by Crippen LogP contribution is 2.23. The number of thioether (sulfide) groups is 1. The van der Waals surface area contributed by atoms with Crippen LogP contribution >= 0.6 is 23.1 Å². The van der Waals surface area contributed by atoms with E-state index in [1.54, 1.807) is 23.0 Å². The average molecular weight is 448 g/mol. The molecule has 10 heteroatoms. The Hall–Kier alpha value is -3.68. The SMILES string of the molecule is Cn1cnnc1SCC(=O)N/N=c1/scc(-c2ccc(C#N)cc2)n1-c1ccccc1. The zero-order chi connectivity index (χ0) is 21.6. The summed E-state index contributed by atoms with van der Waals surface area (Å²) in [5.74, 6) is -0.0594. The van der Waals surface area contributed by atoms with E-state index in [9.17, 15) is 4.79 Å². The molecular formula is C21H17N7OS2. The van der Waals surface area contributed by atoms with Gasteiger partial charge in [-0.05, 0) is 29.8 Å². The van der Waals surface area contributed by atoms with E-state index in [0.717, 1.165) is 16.9 Å². The van der Waals surface area contributed by atoms with Crippen molar-refractivity contribution in [3.63, 3.8) is 0 Å². The first-order chi connectivity index (χ1) is 15.2. The van der Waals surface area contributed by atoms with Gasteiger partial charge in [0.15, 0.2) is 5.16 Å². The maximum Gasteiger partial charge on any atom is 0.250 e. The number of rotatable bonds is 6. The Kier molecular flexibility index (Phi) is 6.26. The van der Waals surface area contributed by atoms with Gasteiger partial charge in [-0.15, -0.1) is 26.6 Å². The number of aryl methyl sites for hydroxylation is 1. The molecule has 0 bridgehead atoms. The number of benzene rings is 2. The highest BCUT2D eigenvalue weighted by atomic mass is 32.2. The van der Waals surface area contributed by atoms with Crippen LogP contribution in [0.2, 0.25) is 0 Å². The summed E-state index contributed by atoms with van der Waals surface area (Å²) >= 11 is 2.71. The second kappa shape index (κ2) is 9.42. The van der Waals surface area contributed by atoms with Crippen molar-refractivity contribution in [2.45, 2.75) is 5.16 Å². The third-order valence-electron chi connectivity index (χ3n) is 4.31. The van der Waals surface area contributed by atoms with Crippen LogP contribution < -0.4 is 10.2 Å². The predicted molar refractivity (Wildman–Crippen MR) is 119 cm³/mol. The van der Waals surface area contributed by atoms with Crippen LogP contribution in [0, 0.1) is 11.3 Å². The Morgan fingerprint density at radius 2 is 2.00 bits per heavy atom. The minimum atomic E-state index is -0.235. The molecule has 2 heterocycles. The van der Waals surface area contributed by atoms with Crippen molar-refractivity contribution >= 4 is 29.0 Å². The third kappa shape index (κ3) is 4.74. The van der Waals surface area contributed by atoms with E-state index >= 15 is 0 Å². The highest BCUT2D eigenvalue weighted by molar-refractivity contribution is 7.99. The Labute approximate surface area is 186 Å². The van der Waals surface area contributed by atoms with Crippen molar-refractivity contribution in [2.75, 3.05) is 5.75 Å². The second-order valence-corrected chi connectivity index (χ2v) is 8.20. The largest absolute Gasteiger partial charge is 0.312 e. The zero-order valence-electron chi connectivity index (χ0n) is 16.5. The molecule has 4 aromatic rings. The molecular weight excluding hydrogens is 430 g/mol. The number of aromatic nitrogens is 4. The van der Waals surface area contributed by atoms with Crippen LogP contribution in [-0.4, -0.2) is 31.0 Å². The molecule has 0 unspecified atom stereocenters. The first-order valence-corrected chi connectivity index (χ1v) is 11.1. The Morgan fingerprint density at radius 3 is 2.68 bits per heavy atom. The van der Waals surface area contributed by atoms with Gasteiger partial charge in [-0.1, -0.05) is 42.1 Å². The molecule has 0 spiro atoms. The summed E-state index contributed by atoms with van der Waals surface area (Å²) in [5.41, 5.74) is 6.02. The van der Waals surface area contributed by atoms with Crippen molar-refractivity contribution in [1.29, 1.82) is 5.26 Å². The molecule has 1 N–H and O–H groups in total. The van der Waals surface area contributed by atoms with E-state index in [-0.39, 0.29) is 11.7 Å². The molecule has 0 aliphatic heterocycles. The molecule has 31 heavy (non-hydrogen) atoms. The first-order valence-electron chi connectivity index (χ1n) is 9.21. The molecule has 2 aromatic heterocycles. The smallest absolute Gasteiger partial charge is 0.250 e. The number of hydrogen-bond acceptors (Lipinski definition) is 7. The summed E-state index contributed by atoms with van der Waals surface area (Å²) in [4.78, 5) is 12.9. The van der Waals surface area contributed by atoms with Crippen LogP contribution in [0.15, 0.2) is 76.6 Å². The van der Waals surface area contributed by atoms with Crippen LogP contribution in [0.4, 0.5) is 0 Å². The van der Waals surface area contributed by atoms with Crippen LogP contribution in [0.1, 0.15) is 5.56 Å². The summed E-state index contributed by atoms with van der Waals surface area (Å²) in [6.45, 7) is 0. The van der Waals surface area contributed by atoms with Gasteiger partial charge in [-0.25, -0.2) is 5.43 Å². The molecule has 154 valence electrons. The standard InChI is InChI=1S/C21H17N7OS2/c1-27-14-23-25-20(27)31-13-19(29)24-26-21-28(17-5-3-2-4-6-17)18(12-30-21)16-9-7-15(11-22)8-10-16/h2-10,12,14H,13H2,1H3,(H,24,29)/b26-21+. The monoisotopic (exact) mass is 447 g/mol. The van der Waals surface area contributed by atoms with E-state index < -0.39 is 0 Å². The fourth-order valence-corrected chi connectivity index (χ4v) is 4.35. The van der Waals surface area contributed by atoms with Crippen LogP contribution in [-0.2, 0) is 11.8 Å². The predicted octanol–water partition coefficient (Wildman–Crippen LogP) is 2.93. The maximum atomic E-state index is 12.3. The minimum absolute atomic E-state index is 0.176. The van der Waals surface area contributed by atoms with Crippen molar-refractivity contribution in [2.24, 2.45) is 12.1 Å². The van der Waals surface area contributed by atoms with E-state index in [2.05, 4.69) is 26.8 Å². The number of nitriles is 1. The third-order valence-corrected chi connectivity index (χ3v) is 6.17. The van der Waals surface area contributed by atoms with Crippen LogP contribution in [0.25, 0.3) is 16.9 Å². The molecule has 0 fully saturated rings. The summed E-state index contributed by atoms with van der Waals surface area (Å²) in [6, 6.07) is 19.3. The molecule has 0 radical (unpaired) electrons. The van der Waals surface area contributed by atoms with E-state index in [1.807, 2.05) is 59.5 Å². The number of para-hydroxylation sites is 1. The van der Waals surface area contributed by atoms with E-state index in [1.165, 1.54) is 23.1 Å². The van der Waals surface area contributed by atoms with Crippen molar-refractivity contribution in [3.05, 3.63) is 76.7 Å². The average Bonchev–Trinajstić information content (AvgIpc) is 3.42. The molecule has 2 aromatic carbocycles. The highest BCUT2D eigenvalue weighted by Gasteiger charge is 2.11. The Bertz CT molecular complexity index is 1300. The number of amides is 1. The number of carbonyl (C=O) groups excluding carboxylic acids is 1. The van der Waals surface area contributed by atoms with E-state index in [0.29, 0.717) is 15.5 Å². The summed E-state index contributed by atoms with van der Waals surface area (Å²) in [7, 11) is 1.82. The Balaban J connectivity index is 1.62. The molecule has 0 aliphatic rings. The molecule has 0 aliphatic carbocycles. The summed E-state index contributed by atoms with van der Waals surface area (Å²) in [5, 5.41) is 23.8. The lowest BCUT2D eigenvalue weighted by atomic mass is 10.1. The van der Waals surface area contributed by atoms with Crippen molar-refractivity contribution in [3.8, 4) is 23.0 Å². The van der Waals surface area contributed by atoms with E-state index in [4.69, 9.17) is 5.26 Å². The lowest BCUT2D eigenvalue weighted by Gasteiger charge is -2.09. The van der Waals surface area contributed by atoms with Gasteiger partial charge in [0.05, 0.1) is 23.1 Å². The molecule has 0 saturated heterocycles. The lowest BCUT2D eigenvalue weighted by Crippen LogP contribution is -2.25. The first kappa shape index (κ1) is 20.6. The van der Waals surface area contributed by atoms with Crippen LogP contribution in [0.5, 0.6) is 0 Å². The topological polar surface area (TPSA) is 101 Å². The minimum Gasteiger partial charge on any atom is -0.312 e. The number of nitrogens with one attached hydrogen (secondary N) is 1. The fourth-order valence-electron chi connectivity index (χ4n) is 2.81. The van der Waals surface area contributed by atoms with Gasteiger partial charge in [0.1, 0.15) is 6.33 Å². The molecule has 8 nitrogen and oxygen atoms in total. The van der Waals surface area contributed by atoms with Gasteiger partial charge < -0.3 is 4.57 Å². The number of carbonyl (C=O) groups is 1. The fraction of sp³-hybridized carbons (Fsp3) is 0.0952. The second-order valence-electron chi connectivity index (χ2n) is 6.42.